The van der Waals surface area contributed by atoms with Gasteiger partial charge in [-0.25, -0.2) is 24.9 Å². The zero-order chi connectivity index (χ0) is 38.4. The maximum absolute atomic E-state index is 6.51. The molecule has 0 saturated heterocycles. The Bertz CT molecular complexity index is 3340. The van der Waals surface area contributed by atoms with Crippen molar-refractivity contribution in [2.24, 2.45) is 0 Å². The molecule has 0 bridgehead atoms. The summed E-state index contributed by atoms with van der Waals surface area (Å²) in [6.45, 7) is 0. The standard InChI is InChI=1S/C51H31N6O/c1-4-12-32(13-5-1)34-20-25-38(26-21-34)48-55-47(37-17-8-3-9-18-37)56-49(57-48)39-27-23-36(24-28-39)44-46-45(42-31-43(52-51(42)58-46)35-15-6-2-7-16-35)54-50(53-44)41-29-22-33-14-10-11-19-40(33)30-41/h1-31H/q+1. The number of furan rings is 1. The Morgan fingerprint density at radius 3 is 1.47 bits per heavy atom. The topological polar surface area (TPSA) is 91.7 Å². The van der Waals surface area contributed by atoms with Gasteiger partial charge in [-0.1, -0.05) is 164 Å². The summed E-state index contributed by atoms with van der Waals surface area (Å²) in [5, 5.41) is 3.12. The molecule has 1 aliphatic heterocycles. The zero-order valence-corrected chi connectivity index (χ0v) is 31.0. The fraction of sp³-hybridized carbons (Fsp3) is 0. The van der Waals surface area contributed by atoms with Crippen LogP contribution in [0, 0.1) is 0 Å². The fourth-order valence-corrected chi connectivity index (χ4v) is 7.45. The van der Waals surface area contributed by atoms with Crippen LogP contribution in [0.3, 0.4) is 0 Å². The molecule has 4 heterocycles. The van der Waals surface area contributed by atoms with Crippen LogP contribution in [-0.4, -0.2) is 30.6 Å². The van der Waals surface area contributed by atoms with Crippen LogP contribution < -0.4 is 15.4 Å². The first kappa shape index (κ1) is 33.2. The van der Waals surface area contributed by atoms with Crippen molar-refractivity contribution < 1.29 is 4.42 Å². The lowest BCUT2D eigenvalue weighted by Gasteiger charge is -2.10. The molecule has 0 saturated carbocycles. The van der Waals surface area contributed by atoms with E-state index in [1.54, 1.807) is 0 Å². The number of hydrogen-bond donors (Lipinski definition) is 0. The Hall–Kier alpha value is -8.12. The minimum Gasteiger partial charge on any atom is -0.387 e. The van der Waals surface area contributed by atoms with E-state index in [9.17, 15) is 0 Å². The van der Waals surface area contributed by atoms with Gasteiger partial charge in [0.2, 0.25) is 0 Å². The molecule has 0 atom stereocenters. The lowest BCUT2D eigenvalue weighted by molar-refractivity contribution is 0.552. The first-order chi connectivity index (χ1) is 28.7. The van der Waals surface area contributed by atoms with Crippen molar-refractivity contribution in [1.29, 1.82) is 0 Å². The summed E-state index contributed by atoms with van der Waals surface area (Å²) >= 11 is 0. The van der Waals surface area contributed by atoms with Gasteiger partial charge in [-0.2, -0.15) is 0 Å². The Balaban J connectivity index is 1.03. The van der Waals surface area contributed by atoms with Crippen LogP contribution in [0.5, 0.6) is 0 Å². The predicted molar refractivity (Wildman–Crippen MR) is 231 cm³/mol. The van der Waals surface area contributed by atoms with Gasteiger partial charge in [0.25, 0.3) is 0 Å². The van der Waals surface area contributed by atoms with Crippen molar-refractivity contribution in [2.75, 3.05) is 0 Å². The van der Waals surface area contributed by atoms with Crippen LogP contribution in [0.25, 0.3) is 95.9 Å². The first-order valence-electron chi connectivity index (χ1n) is 19.1. The highest BCUT2D eigenvalue weighted by Gasteiger charge is 2.26. The summed E-state index contributed by atoms with van der Waals surface area (Å²) in [7, 11) is 0. The summed E-state index contributed by atoms with van der Waals surface area (Å²) < 4.78 is 11.4. The average Bonchev–Trinajstić information content (AvgIpc) is 3.88. The third-order valence-electron chi connectivity index (χ3n) is 10.5. The molecule has 0 fully saturated rings. The van der Waals surface area contributed by atoms with Crippen molar-refractivity contribution in [2.45, 2.75) is 0 Å². The highest BCUT2D eigenvalue weighted by molar-refractivity contribution is 6.21. The zero-order valence-electron chi connectivity index (χ0n) is 31.0. The highest BCUT2D eigenvalue weighted by atomic mass is 16.3. The number of nitrogens with zero attached hydrogens (tertiary/aromatic N) is 6. The van der Waals surface area contributed by atoms with Gasteiger partial charge in [-0.15, -0.1) is 0 Å². The highest BCUT2D eigenvalue weighted by Crippen LogP contribution is 2.32. The third-order valence-corrected chi connectivity index (χ3v) is 10.5. The lowest BCUT2D eigenvalue weighted by atomic mass is 10.0. The Morgan fingerprint density at radius 1 is 0.362 bits per heavy atom. The molecule has 10 aromatic rings. The van der Waals surface area contributed by atoms with Gasteiger partial charge in [0.15, 0.2) is 28.9 Å². The van der Waals surface area contributed by atoms with Gasteiger partial charge in [-0.05, 0) is 44.8 Å². The van der Waals surface area contributed by atoms with Crippen molar-refractivity contribution in [3.05, 3.63) is 198 Å². The van der Waals surface area contributed by atoms with E-state index in [0.29, 0.717) is 40.1 Å². The summed E-state index contributed by atoms with van der Waals surface area (Å²) in [5.74, 6) is 2.38. The largest absolute Gasteiger partial charge is 0.503 e. The van der Waals surface area contributed by atoms with E-state index in [4.69, 9.17) is 34.0 Å². The molecule has 7 aromatic carbocycles. The Labute approximate surface area is 332 Å². The van der Waals surface area contributed by atoms with Gasteiger partial charge in [0, 0.05) is 27.8 Å². The normalized spacial score (nSPS) is 11.9. The monoisotopic (exact) mass is 743 g/mol. The second-order valence-corrected chi connectivity index (χ2v) is 14.2. The van der Waals surface area contributed by atoms with E-state index in [0.717, 1.165) is 71.7 Å². The molecule has 3 aromatic heterocycles. The fourth-order valence-electron chi connectivity index (χ4n) is 7.45. The molecule has 270 valence electrons. The second-order valence-electron chi connectivity index (χ2n) is 14.2. The summed E-state index contributed by atoms with van der Waals surface area (Å²) in [5.41, 5.74) is 11.1. The van der Waals surface area contributed by atoms with Gasteiger partial charge in [-0.3, -0.25) is 0 Å². The number of rotatable bonds is 7. The SMILES string of the molecule is C1=c2c(oc3c(-c4ccc(-c5nc(-c6ccccc6)nc(-c6ccc(-c7ccccc7)cc6)n5)cc4)nc(-c4ccc5ccccc5c4)nc23)=[N+]=C1c1ccccc1. The molecule has 0 aliphatic carbocycles. The quantitative estimate of drug-likeness (QED) is 0.151. The van der Waals surface area contributed by atoms with E-state index in [-0.39, 0.29) is 0 Å². The lowest BCUT2D eigenvalue weighted by Crippen LogP contribution is -2.19. The van der Waals surface area contributed by atoms with E-state index in [1.165, 1.54) is 0 Å². The number of benzene rings is 7. The van der Waals surface area contributed by atoms with Crippen LogP contribution in [0.4, 0.5) is 0 Å². The van der Waals surface area contributed by atoms with Gasteiger partial charge in [0.1, 0.15) is 16.4 Å². The maximum Gasteiger partial charge on any atom is 0.503 e. The molecule has 1 aliphatic rings. The van der Waals surface area contributed by atoms with Crippen molar-refractivity contribution >= 4 is 33.7 Å². The van der Waals surface area contributed by atoms with Gasteiger partial charge in [0.05, 0.1) is 11.6 Å². The molecule has 11 rings (SSSR count). The van der Waals surface area contributed by atoms with E-state index < -0.39 is 0 Å². The Morgan fingerprint density at radius 2 is 0.828 bits per heavy atom. The molecule has 0 unspecified atom stereocenters. The Kier molecular flexibility index (Phi) is 7.95. The average molecular weight is 744 g/mol. The number of hydrogen-bond acceptors (Lipinski definition) is 6. The van der Waals surface area contributed by atoms with Gasteiger partial charge < -0.3 is 4.42 Å². The number of fused-ring (bicyclic) bond motifs is 4. The first-order valence-corrected chi connectivity index (χ1v) is 19.1. The smallest absolute Gasteiger partial charge is 0.387 e. The predicted octanol–water partition coefficient (Wildman–Crippen LogP) is 9.53. The van der Waals surface area contributed by atoms with Crippen LogP contribution >= 0.6 is 0 Å². The second kappa shape index (κ2) is 13.9. The third kappa shape index (κ3) is 6.05. The van der Waals surface area contributed by atoms with Crippen LogP contribution in [0.15, 0.2) is 186 Å². The molecular formula is C51H31N6O+. The minimum absolute atomic E-state index is 0.527. The van der Waals surface area contributed by atoms with Crippen molar-refractivity contribution in [3.63, 3.8) is 0 Å². The van der Waals surface area contributed by atoms with E-state index >= 15 is 0 Å². The maximum atomic E-state index is 6.51. The molecule has 7 heteroatoms. The van der Waals surface area contributed by atoms with Crippen LogP contribution in [0.2, 0.25) is 0 Å². The number of aromatic nitrogens is 5. The van der Waals surface area contributed by atoms with Crippen molar-refractivity contribution in [1.82, 2.24) is 29.6 Å². The molecule has 0 spiro atoms. The van der Waals surface area contributed by atoms with E-state index in [2.05, 4.69) is 72.8 Å². The molecule has 7 nitrogen and oxygen atoms in total. The molecular weight excluding hydrogens is 713 g/mol. The van der Waals surface area contributed by atoms with E-state index in [1.807, 2.05) is 115 Å². The molecule has 0 N–H and O–H groups in total. The molecule has 58 heavy (non-hydrogen) atoms. The molecule has 0 radical (unpaired) electrons. The molecule has 0 amide bonds. The minimum atomic E-state index is 0.527. The van der Waals surface area contributed by atoms with Crippen LogP contribution in [-0.2, 0) is 0 Å². The van der Waals surface area contributed by atoms with Crippen molar-refractivity contribution in [3.8, 4) is 67.9 Å². The summed E-state index contributed by atoms with van der Waals surface area (Å²) in [6, 6.07) is 61.6. The summed E-state index contributed by atoms with van der Waals surface area (Å²) in [4.78, 5) is 25.2. The summed E-state index contributed by atoms with van der Waals surface area (Å²) in [6.07, 6.45) is 2.05. The van der Waals surface area contributed by atoms with Crippen LogP contribution in [0.1, 0.15) is 5.56 Å². The van der Waals surface area contributed by atoms with Gasteiger partial charge >= 0.3 is 11.3 Å².